The number of alkyl halides is 2. The number of hydrogen-bond donors (Lipinski definition) is 1. The molecule has 2 saturated heterocycles. The molecule has 1 aliphatic carbocycles. The van der Waals surface area contributed by atoms with E-state index in [2.05, 4.69) is 10.3 Å². The smallest absolute Gasteiger partial charge is 0.262 e. The van der Waals surface area contributed by atoms with Crippen molar-refractivity contribution in [3.05, 3.63) is 30.1 Å². The second-order valence-corrected chi connectivity index (χ2v) is 9.04. The summed E-state index contributed by atoms with van der Waals surface area (Å²) in [5, 5.41) is 2.83. The number of rotatable bonds is 6. The van der Waals surface area contributed by atoms with Gasteiger partial charge in [-0.15, -0.1) is 0 Å². The molecule has 0 unspecified atom stereocenters. The Bertz CT molecular complexity index is 1010. The molecule has 31 heavy (non-hydrogen) atoms. The van der Waals surface area contributed by atoms with Gasteiger partial charge >= 0.3 is 0 Å². The molecular weight excluding hydrogens is 404 g/mol. The Morgan fingerprint density at radius 2 is 1.97 bits per heavy atom. The van der Waals surface area contributed by atoms with Gasteiger partial charge in [0.2, 0.25) is 11.8 Å². The Labute approximate surface area is 179 Å². The van der Waals surface area contributed by atoms with Gasteiger partial charge in [0.05, 0.1) is 23.6 Å². The third-order valence-electron chi connectivity index (χ3n) is 6.71. The maximum absolute atomic E-state index is 14.2. The minimum absolute atomic E-state index is 0.128. The number of nitrogens with zero attached hydrogens (tertiary/aromatic N) is 4. The Balaban J connectivity index is 1.18. The van der Waals surface area contributed by atoms with Crippen LogP contribution in [-0.4, -0.2) is 75.4 Å². The number of halogens is 2. The van der Waals surface area contributed by atoms with Crippen molar-refractivity contribution < 1.29 is 18.4 Å². The normalized spacial score (nSPS) is 23.8. The highest BCUT2D eigenvalue weighted by Gasteiger charge is 2.53. The van der Waals surface area contributed by atoms with E-state index in [1.54, 1.807) is 9.80 Å². The van der Waals surface area contributed by atoms with Crippen molar-refractivity contribution in [3.63, 3.8) is 0 Å². The molecule has 2 aliphatic heterocycles. The van der Waals surface area contributed by atoms with Crippen molar-refractivity contribution in [1.29, 1.82) is 0 Å². The van der Waals surface area contributed by atoms with E-state index in [4.69, 9.17) is 0 Å². The van der Waals surface area contributed by atoms with Crippen LogP contribution < -0.4 is 5.32 Å². The summed E-state index contributed by atoms with van der Waals surface area (Å²) < 4.78 is 30.3. The Hall–Kier alpha value is -2.55. The number of imidazole rings is 1. The minimum Gasteiger partial charge on any atom is -0.354 e. The monoisotopic (exact) mass is 431 g/mol. The summed E-state index contributed by atoms with van der Waals surface area (Å²) in [5.41, 5.74) is 1.91. The summed E-state index contributed by atoms with van der Waals surface area (Å²) in [6.07, 6.45) is 1.90. The summed E-state index contributed by atoms with van der Waals surface area (Å²) in [6.45, 7) is 0.791. The van der Waals surface area contributed by atoms with E-state index in [0.29, 0.717) is 26.1 Å². The summed E-state index contributed by atoms with van der Waals surface area (Å²) in [6, 6.07) is 6.76. The van der Waals surface area contributed by atoms with Gasteiger partial charge in [0, 0.05) is 51.5 Å². The number of nitrogens with one attached hydrogen (secondary N) is 1. The lowest BCUT2D eigenvalue weighted by Crippen LogP contribution is -2.64. The number of carbonyl (C=O) groups excluding carboxylic acids is 2. The number of para-hydroxylation sites is 2. The summed E-state index contributed by atoms with van der Waals surface area (Å²) >= 11 is 0. The van der Waals surface area contributed by atoms with Gasteiger partial charge in [-0.25, -0.2) is 13.8 Å². The first-order valence-electron chi connectivity index (χ1n) is 10.9. The highest BCUT2D eigenvalue weighted by atomic mass is 19.3. The van der Waals surface area contributed by atoms with Crippen LogP contribution in [0.4, 0.5) is 8.78 Å². The van der Waals surface area contributed by atoms with E-state index in [1.807, 2.05) is 35.9 Å². The molecule has 3 aliphatic rings. The molecule has 5 rings (SSSR count). The average Bonchev–Trinajstić information content (AvgIpc) is 3.43. The lowest BCUT2D eigenvalue weighted by Gasteiger charge is -2.45. The number of benzene rings is 1. The zero-order valence-electron chi connectivity index (χ0n) is 17.6. The molecular formula is C22H27F2N5O2. The third-order valence-corrected chi connectivity index (χ3v) is 6.71. The number of aryl methyl sites for hydroxylation is 1. The van der Waals surface area contributed by atoms with Gasteiger partial charge in [0.1, 0.15) is 5.82 Å². The van der Waals surface area contributed by atoms with Crippen molar-refractivity contribution in [2.45, 2.75) is 43.7 Å². The SMILES string of the molecule is Cn1c(CCNC(=O)[C@@H]2CC(F)(F)CN2C2CN(C(=O)C3CC3)C2)nc2ccccc21. The van der Waals surface area contributed by atoms with Crippen molar-refractivity contribution in [2.75, 3.05) is 26.2 Å². The Morgan fingerprint density at radius 3 is 2.68 bits per heavy atom. The number of aromatic nitrogens is 2. The van der Waals surface area contributed by atoms with Crippen LogP contribution in [0.2, 0.25) is 0 Å². The topological polar surface area (TPSA) is 70.5 Å². The summed E-state index contributed by atoms with van der Waals surface area (Å²) in [4.78, 5) is 32.8. The maximum Gasteiger partial charge on any atom is 0.262 e. The lowest BCUT2D eigenvalue weighted by atomic mass is 10.0. The van der Waals surface area contributed by atoms with Gasteiger partial charge in [0.25, 0.3) is 5.92 Å². The molecule has 3 heterocycles. The van der Waals surface area contributed by atoms with E-state index in [9.17, 15) is 18.4 Å². The van der Waals surface area contributed by atoms with Crippen LogP contribution in [0.1, 0.15) is 25.1 Å². The Morgan fingerprint density at radius 1 is 1.23 bits per heavy atom. The predicted octanol–water partition coefficient (Wildman–Crippen LogP) is 1.56. The molecule has 0 spiro atoms. The molecule has 1 atom stereocenters. The molecule has 0 radical (unpaired) electrons. The molecule has 9 heteroatoms. The van der Waals surface area contributed by atoms with Gasteiger partial charge < -0.3 is 14.8 Å². The first-order valence-corrected chi connectivity index (χ1v) is 10.9. The number of likely N-dealkylation sites (tertiary alicyclic amines) is 2. The van der Waals surface area contributed by atoms with Crippen molar-refractivity contribution in [2.24, 2.45) is 13.0 Å². The lowest BCUT2D eigenvalue weighted by molar-refractivity contribution is -0.141. The molecule has 1 aromatic carbocycles. The predicted molar refractivity (Wildman–Crippen MR) is 111 cm³/mol. The first-order chi connectivity index (χ1) is 14.8. The molecule has 1 aromatic heterocycles. The van der Waals surface area contributed by atoms with Crippen molar-refractivity contribution in [1.82, 2.24) is 24.7 Å². The van der Waals surface area contributed by atoms with Crippen LogP contribution in [0.25, 0.3) is 11.0 Å². The molecule has 1 saturated carbocycles. The maximum atomic E-state index is 14.2. The second kappa shape index (κ2) is 7.55. The number of carbonyl (C=O) groups is 2. The fraction of sp³-hybridized carbons (Fsp3) is 0.591. The molecule has 2 aromatic rings. The molecule has 166 valence electrons. The van der Waals surface area contributed by atoms with Crippen LogP contribution in [0, 0.1) is 5.92 Å². The van der Waals surface area contributed by atoms with E-state index >= 15 is 0 Å². The van der Waals surface area contributed by atoms with Gasteiger partial charge in [-0.1, -0.05) is 12.1 Å². The fourth-order valence-electron chi connectivity index (χ4n) is 4.74. The molecule has 0 bridgehead atoms. The molecule has 1 N–H and O–H groups in total. The Kier molecular flexibility index (Phi) is 4.96. The van der Waals surface area contributed by atoms with Crippen molar-refractivity contribution >= 4 is 22.8 Å². The van der Waals surface area contributed by atoms with Crippen LogP contribution in [-0.2, 0) is 23.1 Å². The van der Waals surface area contributed by atoms with Gasteiger partial charge in [-0.2, -0.15) is 0 Å². The number of hydrogen-bond acceptors (Lipinski definition) is 4. The fourth-order valence-corrected chi connectivity index (χ4v) is 4.74. The summed E-state index contributed by atoms with van der Waals surface area (Å²) in [7, 11) is 1.93. The van der Waals surface area contributed by atoms with E-state index in [0.717, 1.165) is 29.7 Å². The van der Waals surface area contributed by atoms with E-state index in [-0.39, 0.29) is 23.8 Å². The van der Waals surface area contributed by atoms with Crippen LogP contribution >= 0.6 is 0 Å². The number of fused-ring (bicyclic) bond motifs is 1. The largest absolute Gasteiger partial charge is 0.354 e. The van der Waals surface area contributed by atoms with Crippen LogP contribution in [0.5, 0.6) is 0 Å². The second-order valence-electron chi connectivity index (χ2n) is 9.04. The highest BCUT2D eigenvalue weighted by molar-refractivity contribution is 5.83. The highest BCUT2D eigenvalue weighted by Crippen LogP contribution is 2.37. The minimum atomic E-state index is -2.89. The zero-order valence-corrected chi connectivity index (χ0v) is 17.6. The zero-order chi connectivity index (χ0) is 21.8. The average molecular weight is 431 g/mol. The molecule has 7 nitrogen and oxygen atoms in total. The van der Waals surface area contributed by atoms with E-state index in [1.165, 1.54) is 0 Å². The molecule has 3 fully saturated rings. The van der Waals surface area contributed by atoms with Crippen LogP contribution in [0.3, 0.4) is 0 Å². The standard InChI is InChI=1S/C22H27F2N5O2/c1-27-17-5-3-2-4-16(17)26-19(27)8-9-25-20(30)18-10-22(23,24)13-29(18)15-11-28(12-15)21(31)14-6-7-14/h2-5,14-15,18H,6-13H2,1H3,(H,25,30)/t18-/m0/s1. The van der Waals surface area contributed by atoms with Gasteiger partial charge in [-0.3, -0.25) is 14.5 Å². The van der Waals surface area contributed by atoms with Crippen LogP contribution in [0.15, 0.2) is 24.3 Å². The van der Waals surface area contributed by atoms with E-state index < -0.39 is 24.9 Å². The van der Waals surface area contributed by atoms with Gasteiger partial charge in [0.15, 0.2) is 0 Å². The third kappa shape index (κ3) is 3.91. The first kappa shape index (κ1) is 20.4. The quantitative estimate of drug-likeness (QED) is 0.754. The van der Waals surface area contributed by atoms with Crippen molar-refractivity contribution in [3.8, 4) is 0 Å². The molecule has 2 amide bonds. The number of amides is 2. The summed E-state index contributed by atoms with van der Waals surface area (Å²) in [5.74, 6) is -2.17. The van der Waals surface area contributed by atoms with Gasteiger partial charge in [-0.05, 0) is 25.0 Å².